The van der Waals surface area contributed by atoms with Crippen LogP contribution < -0.4 is 14.8 Å². The first-order chi connectivity index (χ1) is 16.5. The zero-order valence-corrected chi connectivity index (χ0v) is 19.3. The van der Waals surface area contributed by atoms with Gasteiger partial charge in [0, 0.05) is 0 Å². The minimum atomic E-state index is -0.367. The van der Waals surface area contributed by atoms with E-state index in [9.17, 15) is 4.79 Å². The minimum absolute atomic E-state index is 0.192. The summed E-state index contributed by atoms with van der Waals surface area (Å²) in [4.78, 5) is 12.6. The second-order valence-electron chi connectivity index (χ2n) is 7.92. The number of nitrogens with one attached hydrogen (secondary N) is 1. The number of para-hydroxylation sites is 1. The maximum absolute atomic E-state index is 12.6. The number of carbonyl (C=O) groups excluding carboxylic acids is 1. The van der Waals surface area contributed by atoms with Crippen molar-refractivity contribution in [3.63, 3.8) is 0 Å². The van der Waals surface area contributed by atoms with Gasteiger partial charge in [0.1, 0.15) is 23.9 Å². The van der Waals surface area contributed by atoms with Gasteiger partial charge in [-0.2, -0.15) is 5.10 Å². The molecule has 0 aliphatic heterocycles. The molecule has 4 aromatic rings. The van der Waals surface area contributed by atoms with Crippen LogP contribution in [0.15, 0.2) is 84.1 Å². The highest BCUT2D eigenvalue weighted by Gasteiger charge is 2.13. The summed E-state index contributed by atoms with van der Waals surface area (Å²) in [5, 5.41) is 7.02. The smallest absolute Gasteiger partial charge is 0.291 e. The van der Waals surface area contributed by atoms with Gasteiger partial charge in [-0.1, -0.05) is 42.0 Å². The van der Waals surface area contributed by atoms with Crippen molar-refractivity contribution in [3.05, 3.63) is 108 Å². The molecule has 1 amide bonds. The highest BCUT2D eigenvalue weighted by molar-refractivity contribution is 6.02. The maximum atomic E-state index is 12.6. The fourth-order valence-electron chi connectivity index (χ4n) is 3.48. The quantitative estimate of drug-likeness (QED) is 0.310. The Morgan fingerprint density at radius 2 is 1.97 bits per heavy atom. The first-order valence-corrected chi connectivity index (χ1v) is 11.0. The highest BCUT2D eigenvalue weighted by Crippen LogP contribution is 2.22. The standard InChI is InChI=1S/C27H27N3O4/c1-4-7-21-8-5-6-9-25(21)32-17-23-11-13-26(34-23)27(31)29-22-15-28-30(16-22)18-33-24-12-10-19(2)14-20(24)3/h4-6,8-16H,1,7,17-18H2,2-3H3,(H,29,31). The second-order valence-corrected chi connectivity index (χ2v) is 7.92. The van der Waals surface area contributed by atoms with Crippen LogP contribution in [-0.4, -0.2) is 15.7 Å². The van der Waals surface area contributed by atoms with Crippen LogP contribution in [0, 0.1) is 13.8 Å². The Balaban J connectivity index is 1.31. The van der Waals surface area contributed by atoms with E-state index in [1.165, 1.54) is 5.56 Å². The van der Waals surface area contributed by atoms with Gasteiger partial charge in [-0.3, -0.25) is 4.79 Å². The summed E-state index contributed by atoms with van der Waals surface area (Å²) in [5.41, 5.74) is 3.82. The molecule has 34 heavy (non-hydrogen) atoms. The van der Waals surface area contributed by atoms with E-state index in [4.69, 9.17) is 13.9 Å². The van der Waals surface area contributed by atoms with Crippen molar-refractivity contribution in [1.82, 2.24) is 9.78 Å². The summed E-state index contributed by atoms with van der Waals surface area (Å²) in [7, 11) is 0. The van der Waals surface area contributed by atoms with Crippen LogP contribution in [0.4, 0.5) is 5.69 Å². The summed E-state index contributed by atoms with van der Waals surface area (Å²) in [6.45, 7) is 8.26. The topological polar surface area (TPSA) is 78.5 Å². The summed E-state index contributed by atoms with van der Waals surface area (Å²) in [5.74, 6) is 1.94. The molecule has 0 fully saturated rings. The van der Waals surface area contributed by atoms with Crippen LogP contribution in [0.5, 0.6) is 11.5 Å². The van der Waals surface area contributed by atoms with Gasteiger partial charge < -0.3 is 19.2 Å². The van der Waals surface area contributed by atoms with Crippen molar-refractivity contribution in [2.45, 2.75) is 33.6 Å². The summed E-state index contributed by atoms with van der Waals surface area (Å²) in [6.07, 6.45) is 5.80. The minimum Gasteiger partial charge on any atom is -0.485 e. The number of hydrogen-bond acceptors (Lipinski definition) is 5. The number of nitrogens with zero attached hydrogens (tertiary/aromatic N) is 2. The van der Waals surface area contributed by atoms with Crippen LogP contribution in [-0.2, 0) is 19.8 Å². The van der Waals surface area contributed by atoms with Crippen LogP contribution >= 0.6 is 0 Å². The number of furan rings is 1. The second kappa shape index (κ2) is 10.6. The van der Waals surface area contributed by atoms with Crippen molar-refractivity contribution in [2.24, 2.45) is 0 Å². The number of allylic oxidation sites excluding steroid dienone is 1. The Morgan fingerprint density at radius 1 is 1.12 bits per heavy atom. The molecular formula is C27H27N3O4. The summed E-state index contributed by atoms with van der Waals surface area (Å²) >= 11 is 0. The molecule has 0 spiro atoms. The number of amides is 1. The largest absolute Gasteiger partial charge is 0.485 e. The van der Waals surface area contributed by atoms with E-state index in [-0.39, 0.29) is 25.0 Å². The lowest BCUT2D eigenvalue weighted by Crippen LogP contribution is -2.10. The Hall–Kier alpha value is -4.26. The van der Waals surface area contributed by atoms with Crippen molar-refractivity contribution in [1.29, 1.82) is 0 Å². The molecule has 2 aromatic heterocycles. The molecule has 7 heteroatoms. The van der Waals surface area contributed by atoms with Crippen LogP contribution in [0.3, 0.4) is 0 Å². The molecule has 7 nitrogen and oxygen atoms in total. The summed E-state index contributed by atoms with van der Waals surface area (Å²) in [6, 6.07) is 17.1. The molecule has 2 heterocycles. The molecule has 174 valence electrons. The van der Waals surface area contributed by atoms with Gasteiger partial charge in [-0.25, -0.2) is 4.68 Å². The van der Waals surface area contributed by atoms with Gasteiger partial charge in [0.2, 0.25) is 0 Å². The van der Waals surface area contributed by atoms with E-state index in [0.717, 1.165) is 22.6 Å². The highest BCUT2D eigenvalue weighted by atomic mass is 16.5. The molecule has 4 rings (SSSR count). The number of aryl methyl sites for hydroxylation is 2. The number of hydrogen-bond donors (Lipinski definition) is 1. The van der Waals surface area contributed by atoms with Gasteiger partial charge >= 0.3 is 0 Å². The molecular weight excluding hydrogens is 430 g/mol. The van der Waals surface area contributed by atoms with Crippen molar-refractivity contribution < 1.29 is 18.7 Å². The van der Waals surface area contributed by atoms with Gasteiger partial charge in [0.25, 0.3) is 5.91 Å². The molecule has 2 aromatic carbocycles. The van der Waals surface area contributed by atoms with Crippen molar-refractivity contribution >= 4 is 11.6 Å². The number of ether oxygens (including phenoxy) is 2. The van der Waals surface area contributed by atoms with Crippen molar-refractivity contribution in [3.8, 4) is 11.5 Å². The number of anilines is 1. The third-order valence-corrected chi connectivity index (χ3v) is 5.17. The fourth-order valence-corrected chi connectivity index (χ4v) is 3.48. The third kappa shape index (κ3) is 5.75. The van der Waals surface area contributed by atoms with Crippen LogP contribution in [0.2, 0.25) is 0 Å². The number of benzene rings is 2. The van der Waals surface area contributed by atoms with Gasteiger partial charge in [0.15, 0.2) is 12.5 Å². The predicted octanol–water partition coefficient (Wildman–Crippen LogP) is 5.69. The van der Waals surface area contributed by atoms with E-state index < -0.39 is 0 Å². The molecule has 0 aliphatic carbocycles. The molecule has 0 unspecified atom stereocenters. The predicted molar refractivity (Wildman–Crippen MR) is 130 cm³/mol. The van der Waals surface area contributed by atoms with E-state index in [0.29, 0.717) is 17.9 Å². The molecule has 0 saturated heterocycles. The summed E-state index contributed by atoms with van der Waals surface area (Å²) < 4.78 is 19.0. The lowest BCUT2D eigenvalue weighted by atomic mass is 10.1. The monoisotopic (exact) mass is 457 g/mol. The molecule has 0 saturated carbocycles. The van der Waals surface area contributed by atoms with E-state index in [2.05, 4.69) is 23.1 Å². The maximum Gasteiger partial charge on any atom is 0.291 e. The van der Waals surface area contributed by atoms with E-state index >= 15 is 0 Å². The van der Waals surface area contributed by atoms with E-state index in [1.807, 2.05) is 56.3 Å². The van der Waals surface area contributed by atoms with Gasteiger partial charge in [-0.05, 0) is 55.7 Å². The van der Waals surface area contributed by atoms with Crippen molar-refractivity contribution in [2.75, 3.05) is 5.32 Å². The normalized spacial score (nSPS) is 10.6. The Kier molecular flexibility index (Phi) is 7.13. The number of aromatic nitrogens is 2. The fraction of sp³-hybridized carbons (Fsp3) is 0.185. The number of carbonyl (C=O) groups is 1. The Bertz CT molecular complexity index is 1290. The van der Waals surface area contributed by atoms with Gasteiger partial charge in [0.05, 0.1) is 18.1 Å². The SMILES string of the molecule is C=CCc1ccccc1OCc1ccc(C(=O)Nc2cnn(COc3ccc(C)cc3C)c2)o1. The molecule has 1 N–H and O–H groups in total. The molecule has 0 radical (unpaired) electrons. The molecule has 0 aliphatic rings. The third-order valence-electron chi connectivity index (χ3n) is 5.17. The lowest BCUT2D eigenvalue weighted by Gasteiger charge is -2.09. The first-order valence-electron chi connectivity index (χ1n) is 11.0. The Labute approximate surface area is 198 Å². The average molecular weight is 458 g/mol. The van der Waals surface area contributed by atoms with E-state index in [1.54, 1.807) is 29.2 Å². The first kappa shape index (κ1) is 22.9. The Morgan fingerprint density at radius 3 is 2.79 bits per heavy atom. The lowest BCUT2D eigenvalue weighted by molar-refractivity contribution is 0.0992. The molecule has 0 bridgehead atoms. The number of rotatable bonds is 10. The zero-order chi connectivity index (χ0) is 23.9. The zero-order valence-electron chi connectivity index (χ0n) is 19.3. The van der Waals surface area contributed by atoms with Crippen LogP contribution in [0.25, 0.3) is 0 Å². The van der Waals surface area contributed by atoms with Gasteiger partial charge in [-0.15, -0.1) is 6.58 Å². The van der Waals surface area contributed by atoms with Crippen LogP contribution in [0.1, 0.15) is 33.0 Å². The molecule has 0 atom stereocenters. The average Bonchev–Trinajstić information content (AvgIpc) is 3.48.